The van der Waals surface area contributed by atoms with Crippen molar-refractivity contribution < 1.29 is 27.8 Å². The summed E-state index contributed by atoms with van der Waals surface area (Å²) in [5.41, 5.74) is 1.33. The van der Waals surface area contributed by atoms with Crippen LogP contribution in [0.4, 0.5) is 13.2 Å². The Balaban J connectivity index is 0.000000260. The quantitative estimate of drug-likeness (QED) is 0.813. The van der Waals surface area contributed by atoms with Crippen molar-refractivity contribution in [2.24, 2.45) is 5.92 Å². The highest BCUT2D eigenvalue weighted by Gasteiger charge is 2.49. The Morgan fingerprint density at radius 2 is 2.11 bits per heavy atom. The van der Waals surface area contributed by atoms with E-state index in [0.717, 1.165) is 19.1 Å². The summed E-state index contributed by atoms with van der Waals surface area (Å²) in [7, 11) is 0. The van der Waals surface area contributed by atoms with E-state index in [1.165, 1.54) is 43.7 Å². The Hall–Kier alpha value is -1.32. The van der Waals surface area contributed by atoms with E-state index in [0.29, 0.717) is 10.9 Å². The molecule has 0 amide bonds. The van der Waals surface area contributed by atoms with Crippen LogP contribution in [-0.2, 0) is 16.1 Å². The lowest BCUT2D eigenvalue weighted by Gasteiger charge is -2.47. The summed E-state index contributed by atoms with van der Waals surface area (Å²) in [6.45, 7) is 4.50. The average molecular weight is 404 g/mol. The summed E-state index contributed by atoms with van der Waals surface area (Å²) in [5.74, 6) is -0.666. The van der Waals surface area contributed by atoms with Gasteiger partial charge >= 0.3 is 12.1 Å². The van der Waals surface area contributed by atoms with Gasteiger partial charge in [-0.05, 0) is 36.8 Å². The third-order valence-electron chi connectivity index (χ3n) is 4.83. The number of nitrogens with zero attached hydrogens (tertiary/aromatic N) is 2. The monoisotopic (exact) mass is 404 g/mol. The molecule has 9 heteroatoms. The van der Waals surface area contributed by atoms with Crippen molar-refractivity contribution in [1.82, 2.24) is 9.88 Å². The van der Waals surface area contributed by atoms with Gasteiger partial charge in [0, 0.05) is 49.1 Å². The highest BCUT2D eigenvalue weighted by atomic mass is 32.2. The van der Waals surface area contributed by atoms with Crippen molar-refractivity contribution in [2.75, 3.05) is 25.4 Å². The lowest BCUT2D eigenvalue weighted by atomic mass is 9.92. The van der Waals surface area contributed by atoms with E-state index in [4.69, 9.17) is 14.6 Å². The standard InChI is InChI=1S/C16H22N2OS.C2HF3O2/c1-2-14(7-17-5-1)8-18-11-16(12-18)6-15(10-20-16)19-9-13-3-4-13;3-2(4,5)1(6)7/h1-2,5,7,13,15H,3-4,6,8-12H2;(H,6,7). The first kappa shape index (κ1) is 20.4. The van der Waals surface area contributed by atoms with E-state index < -0.39 is 12.1 Å². The summed E-state index contributed by atoms with van der Waals surface area (Å²) in [6.07, 6.45) is 3.30. The van der Waals surface area contributed by atoms with Crippen molar-refractivity contribution in [3.05, 3.63) is 30.1 Å². The Labute approximate surface area is 160 Å². The van der Waals surface area contributed by atoms with Gasteiger partial charge in [0.1, 0.15) is 0 Å². The molecule has 0 radical (unpaired) electrons. The molecule has 0 bridgehead atoms. The molecule has 150 valence electrons. The first-order valence-electron chi connectivity index (χ1n) is 8.93. The fraction of sp³-hybridized carbons (Fsp3) is 0.667. The molecule has 1 unspecified atom stereocenters. The number of carboxylic acids is 1. The number of aromatic nitrogens is 1. The van der Waals surface area contributed by atoms with Gasteiger partial charge < -0.3 is 9.84 Å². The molecule has 0 aromatic carbocycles. The highest BCUT2D eigenvalue weighted by molar-refractivity contribution is 8.01. The predicted octanol–water partition coefficient (Wildman–Crippen LogP) is 3.20. The van der Waals surface area contributed by atoms with Crippen LogP contribution in [0.1, 0.15) is 24.8 Å². The van der Waals surface area contributed by atoms with E-state index in [9.17, 15) is 13.2 Å². The number of thioether (sulfide) groups is 1. The maximum Gasteiger partial charge on any atom is 0.490 e. The fourth-order valence-electron chi connectivity index (χ4n) is 3.32. The van der Waals surface area contributed by atoms with Crippen molar-refractivity contribution in [3.63, 3.8) is 0 Å². The smallest absolute Gasteiger partial charge is 0.475 e. The van der Waals surface area contributed by atoms with Crippen LogP contribution < -0.4 is 0 Å². The van der Waals surface area contributed by atoms with Crippen LogP contribution in [0.2, 0.25) is 0 Å². The largest absolute Gasteiger partial charge is 0.490 e. The Kier molecular flexibility index (Phi) is 6.32. The van der Waals surface area contributed by atoms with Crippen molar-refractivity contribution >= 4 is 17.7 Å². The van der Waals surface area contributed by atoms with Gasteiger partial charge in [-0.2, -0.15) is 13.2 Å². The number of hydrogen-bond donors (Lipinski definition) is 1. The third-order valence-corrected chi connectivity index (χ3v) is 6.41. The summed E-state index contributed by atoms with van der Waals surface area (Å²) in [6, 6.07) is 4.19. The van der Waals surface area contributed by atoms with Gasteiger partial charge in [0.05, 0.1) is 6.10 Å². The van der Waals surface area contributed by atoms with E-state index in [-0.39, 0.29) is 0 Å². The van der Waals surface area contributed by atoms with Gasteiger partial charge in [-0.25, -0.2) is 4.79 Å². The topological polar surface area (TPSA) is 62.7 Å². The number of aliphatic carboxylic acids is 1. The second kappa shape index (κ2) is 8.36. The van der Waals surface area contributed by atoms with Crippen molar-refractivity contribution in [2.45, 2.75) is 42.8 Å². The normalized spacial score (nSPS) is 24.2. The van der Waals surface area contributed by atoms with Gasteiger partial charge in [0.15, 0.2) is 0 Å². The molecular formula is C18H23F3N2O3S. The Morgan fingerprint density at radius 1 is 1.41 bits per heavy atom. The molecule has 2 aliphatic heterocycles. The number of pyridine rings is 1. The molecule has 3 heterocycles. The van der Waals surface area contributed by atoms with Gasteiger partial charge in [-0.3, -0.25) is 9.88 Å². The molecule has 3 aliphatic rings. The number of carbonyl (C=O) groups is 1. The molecule has 27 heavy (non-hydrogen) atoms. The zero-order chi connectivity index (χ0) is 19.5. The molecule has 1 saturated carbocycles. The highest BCUT2D eigenvalue weighted by Crippen LogP contribution is 2.46. The summed E-state index contributed by atoms with van der Waals surface area (Å²) >= 11 is 2.14. The molecule has 3 fully saturated rings. The van der Waals surface area contributed by atoms with E-state index in [1.807, 2.05) is 18.5 Å². The van der Waals surface area contributed by atoms with Crippen molar-refractivity contribution in [3.8, 4) is 0 Å². The van der Waals surface area contributed by atoms with E-state index in [2.05, 4.69) is 27.7 Å². The van der Waals surface area contributed by atoms with Gasteiger partial charge in [0.25, 0.3) is 0 Å². The molecule has 4 rings (SSSR count). The lowest BCUT2D eigenvalue weighted by molar-refractivity contribution is -0.192. The Morgan fingerprint density at radius 3 is 2.67 bits per heavy atom. The van der Waals surface area contributed by atoms with Crippen molar-refractivity contribution in [1.29, 1.82) is 0 Å². The number of halogens is 3. The minimum absolute atomic E-state index is 0.496. The number of hydrogen-bond acceptors (Lipinski definition) is 5. The molecule has 5 nitrogen and oxygen atoms in total. The van der Waals surface area contributed by atoms with Crippen LogP contribution in [0.25, 0.3) is 0 Å². The molecule has 1 aliphatic carbocycles. The van der Waals surface area contributed by atoms with Gasteiger partial charge in [0.2, 0.25) is 0 Å². The molecule has 1 N–H and O–H groups in total. The molecule has 1 spiro atoms. The summed E-state index contributed by atoms with van der Waals surface area (Å²) in [4.78, 5) is 15.6. The van der Waals surface area contributed by atoms with E-state index in [1.54, 1.807) is 0 Å². The molecule has 2 saturated heterocycles. The predicted molar refractivity (Wildman–Crippen MR) is 95.5 cm³/mol. The minimum atomic E-state index is -5.08. The van der Waals surface area contributed by atoms with Crippen LogP contribution in [0.15, 0.2) is 24.5 Å². The van der Waals surface area contributed by atoms with Gasteiger partial charge in [-0.15, -0.1) is 11.8 Å². The van der Waals surface area contributed by atoms with E-state index >= 15 is 0 Å². The maximum atomic E-state index is 10.6. The zero-order valence-electron chi connectivity index (χ0n) is 14.8. The number of alkyl halides is 3. The van der Waals surface area contributed by atoms with Crippen LogP contribution in [0.3, 0.4) is 0 Å². The first-order chi connectivity index (χ1) is 12.8. The number of carboxylic acid groups (broad SMARTS) is 1. The molecular weight excluding hydrogens is 381 g/mol. The van der Waals surface area contributed by atoms with Crippen LogP contribution >= 0.6 is 11.8 Å². The number of likely N-dealkylation sites (tertiary alicyclic amines) is 1. The van der Waals surface area contributed by atoms with Crippen LogP contribution in [0, 0.1) is 5.92 Å². The fourth-order valence-corrected chi connectivity index (χ4v) is 4.92. The van der Waals surface area contributed by atoms with Crippen LogP contribution in [-0.4, -0.2) is 63.4 Å². The maximum absolute atomic E-state index is 10.6. The molecule has 1 atom stereocenters. The summed E-state index contributed by atoms with van der Waals surface area (Å²) in [5, 5.41) is 7.12. The third kappa shape index (κ3) is 6.08. The number of rotatable bonds is 5. The SMILES string of the molecule is O=C(O)C(F)(F)F.c1cncc(CN2CC3(CC(OCC4CC4)CS3)C2)c1. The minimum Gasteiger partial charge on any atom is -0.475 e. The zero-order valence-corrected chi connectivity index (χ0v) is 15.6. The second-order valence-corrected chi connectivity index (χ2v) is 8.89. The molecule has 1 aromatic heterocycles. The number of ether oxygens (including phenoxy) is 1. The van der Waals surface area contributed by atoms with Crippen LogP contribution in [0.5, 0.6) is 0 Å². The van der Waals surface area contributed by atoms with Gasteiger partial charge in [-0.1, -0.05) is 6.07 Å². The second-order valence-electron chi connectivity index (χ2n) is 7.41. The summed E-state index contributed by atoms with van der Waals surface area (Å²) < 4.78 is 38.3. The lowest BCUT2D eigenvalue weighted by Crippen LogP contribution is -2.58. The first-order valence-corrected chi connectivity index (χ1v) is 9.91. The Bertz CT molecular complexity index is 634. The average Bonchev–Trinajstić information content (AvgIpc) is 3.32. The molecule has 1 aromatic rings.